The molecule has 1 aromatic heterocycles. The average Bonchev–Trinajstić information content (AvgIpc) is 2.90. The number of para-hydroxylation sites is 1. The Morgan fingerprint density at radius 3 is 2.50 bits per heavy atom. The second-order valence-corrected chi connectivity index (χ2v) is 6.93. The number of nitrogens with zero attached hydrogens (tertiary/aromatic N) is 3. The fourth-order valence-corrected chi connectivity index (χ4v) is 3.70. The van der Waals surface area contributed by atoms with Crippen molar-refractivity contribution < 1.29 is 4.79 Å². The smallest absolute Gasteiger partial charge is 0.225 e. The molecule has 1 fully saturated rings. The largest absolute Gasteiger partial charge is 0.341 e. The Kier molecular flexibility index (Phi) is 5.03. The van der Waals surface area contributed by atoms with Gasteiger partial charge in [-0.3, -0.25) is 4.79 Å². The molecule has 1 aliphatic rings. The van der Waals surface area contributed by atoms with Gasteiger partial charge in [-0.1, -0.05) is 37.5 Å². The molecule has 0 bridgehead atoms. The first-order chi connectivity index (χ1) is 11.6. The van der Waals surface area contributed by atoms with Crippen LogP contribution in [0.3, 0.4) is 0 Å². The van der Waals surface area contributed by atoms with Crippen LogP contribution in [0.25, 0.3) is 5.69 Å². The van der Waals surface area contributed by atoms with Crippen LogP contribution in [0.15, 0.2) is 30.3 Å². The summed E-state index contributed by atoms with van der Waals surface area (Å²) in [7, 11) is 1.93. The number of benzene rings is 1. The second-order valence-electron chi connectivity index (χ2n) is 6.93. The Hall–Kier alpha value is -2.10. The maximum Gasteiger partial charge on any atom is 0.225 e. The molecule has 1 aromatic carbocycles. The second kappa shape index (κ2) is 7.20. The molecule has 2 aromatic rings. The maximum atomic E-state index is 12.7. The fourth-order valence-electron chi connectivity index (χ4n) is 3.70. The lowest BCUT2D eigenvalue weighted by Gasteiger charge is -2.26. The molecule has 4 heteroatoms. The van der Waals surface area contributed by atoms with Crippen LogP contribution in [0, 0.1) is 19.8 Å². The van der Waals surface area contributed by atoms with Crippen molar-refractivity contribution in [1.29, 1.82) is 0 Å². The number of hydrogen-bond acceptors (Lipinski definition) is 2. The first-order valence-corrected chi connectivity index (χ1v) is 8.93. The molecular weight excluding hydrogens is 298 g/mol. The zero-order valence-electron chi connectivity index (χ0n) is 15.0. The van der Waals surface area contributed by atoms with Crippen molar-refractivity contribution in [2.45, 2.75) is 52.5 Å². The summed E-state index contributed by atoms with van der Waals surface area (Å²) in [5.41, 5.74) is 4.33. The van der Waals surface area contributed by atoms with E-state index in [9.17, 15) is 4.79 Å². The number of rotatable bonds is 4. The van der Waals surface area contributed by atoms with Gasteiger partial charge in [0.15, 0.2) is 0 Å². The molecule has 1 heterocycles. The van der Waals surface area contributed by atoms with Crippen LogP contribution in [0.4, 0.5) is 0 Å². The Balaban J connectivity index is 1.77. The Morgan fingerprint density at radius 2 is 1.83 bits per heavy atom. The molecule has 1 amide bonds. The number of carbonyl (C=O) groups is 1. The maximum absolute atomic E-state index is 12.7. The van der Waals surface area contributed by atoms with E-state index in [2.05, 4.69) is 24.2 Å². The fraction of sp³-hybridized carbons (Fsp3) is 0.500. The highest BCUT2D eigenvalue weighted by Gasteiger charge is 2.25. The Labute approximate surface area is 144 Å². The summed E-state index contributed by atoms with van der Waals surface area (Å²) in [4.78, 5) is 14.6. The van der Waals surface area contributed by atoms with Crippen molar-refractivity contribution >= 4 is 5.91 Å². The molecule has 0 atom stereocenters. The van der Waals surface area contributed by atoms with E-state index < -0.39 is 0 Å². The monoisotopic (exact) mass is 325 g/mol. The van der Waals surface area contributed by atoms with Gasteiger partial charge in [0, 0.05) is 30.8 Å². The molecule has 24 heavy (non-hydrogen) atoms. The van der Waals surface area contributed by atoms with Crippen molar-refractivity contribution in [1.82, 2.24) is 14.7 Å². The van der Waals surface area contributed by atoms with Gasteiger partial charge in [-0.05, 0) is 38.8 Å². The molecular formula is C20H27N3O. The third-order valence-corrected chi connectivity index (χ3v) is 5.17. The van der Waals surface area contributed by atoms with E-state index in [-0.39, 0.29) is 5.92 Å². The SMILES string of the molecule is Cc1nn(-c2ccccc2)c(C)c1CN(C)C(=O)C1CCCCC1. The summed E-state index contributed by atoms with van der Waals surface area (Å²) < 4.78 is 1.98. The van der Waals surface area contributed by atoms with Crippen LogP contribution in [0.1, 0.15) is 49.1 Å². The van der Waals surface area contributed by atoms with Crippen LogP contribution < -0.4 is 0 Å². The third-order valence-electron chi connectivity index (χ3n) is 5.17. The van der Waals surface area contributed by atoms with E-state index in [0.29, 0.717) is 12.5 Å². The summed E-state index contributed by atoms with van der Waals surface area (Å²) in [5.74, 6) is 0.509. The van der Waals surface area contributed by atoms with E-state index >= 15 is 0 Å². The molecule has 0 unspecified atom stereocenters. The number of amides is 1. The summed E-state index contributed by atoms with van der Waals surface area (Å²) in [6.07, 6.45) is 5.74. The van der Waals surface area contributed by atoms with E-state index in [1.165, 1.54) is 19.3 Å². The van der Waals surface area contributed by atoms with Crippen LogP contribution in [0.2, 0.25) is 0 Å². The van der Waals surface area contributed by atoms with Crippen molar-refractivity contribution in [2.24, 2.45) is 5.92 Å². The standard InChI is InChI=1S/C20H27N3O/c1-15-19(14-22(3)20(24)17-10-6-4-7-11-17)16(2)23(21-15)18-12-8-5-9-13-18/h5,8-9,12-13,17H,4,6-7,10-11,14H2,1-3H3. The van der Waals surface area contributed by atoms with Crippen LogP contribution in [0.5, 0.6) is 0 Å². The number of carbonyl (C=O) groups excluding carboxylic acids is 1. The Bertz CT molecular complexity index is 699. The van der Waals surface area contributed by atoms with Gasteiger partial charge in [-0.25, -0.2) is 4.68 Å². The van der Waals surface area contributed by atoms with Gasteiger partial charge in [0.05, 0.1) is 11.4 Å². The van der Waals surface area contributed by atoms with Gasteiger partial charge >= 0.3 is 0 Å². The highest BCUT2D eigenvalue weighted by atomic mass is 16.2. The topological polar surface area (TPSA) is 38.1 Å². The van der Waals surface area contributed by atoms with Crippen molar-refractivity contribution in [3.05, 3.63) is 47.3 Å². The first-order valence-electron chi connectivity index (χ1n) is 8.93. The zero-order chi connectivity index (χ0) is 17.1. The quantitative estimate of drug-likeness (QED) is 0.851. The van der Waals surface area contributed by atoms with Gasteiger partial charge in [0.1, 0.15) is 0 Å². The third kappa shape index (κ3) is 3.37. The van der Waals surface area contributed by atoms with Gasteiger partial charge in [0.25, 0.3) is 0 Å². The van der Waals surface area contributed by atoms with Gasteiger partial charge in [-0.2, -0.15) is 5.10 Å². The van der Waals surface area contributed by atoms with Crippen molar-refractivity contribution in [3.8, 4) is 5.69 Å². The predicted molar refractivity (Wildman–Crippen MR) is 96.1 cm³/mol. The Morgan fingerprint density at radius 1 is 1.17 bits per heavy atom. The minimum Gasteiger partial charge on any atom is -0.341 e. The van der Waals surface area contributed by atoms with E-state index in [4.69, 9.17) is 0 Å². The van der Waals surface area contributed by atoms with E-state index in [1.807, 2.05) is 41.8 Å². The lowest BCUT2D eigenvalue weighted by molar-refractivity contribution is -0.135. The average molecular weight is 325 g/mol. The van der Waals surface area contributed by atoms with Crippen LogP contribution in [-0.4, -0.2) is 27.6 Å². The first kappa shape index (κ1) is 16.7. The molecule has 128 valence electrons. The molecule has 0 aliphatic heterocycles. The summed E-state index contributed by atoms with van der Waals surface area (Å²) in [5, 5.41) is 4.68. The van der Waals surface area contributed by atoms with Gasteiger partial charge in [0.2, 0.25) is 5.91 Å². The lowest BCUT2D eigenvalue weighted by atomic mass is 9.88. The summed E-state index contributed by atoms with van der Waals surface area (Å²) in [6, 6.07) is 10.2. The summed E-state index contributed by atoms with van der Waals surface area (Å²) >= 11 is 0. The highest BCUT2D eigenvalue weighted by molar-refractivity contribution is 5.78. The predicted octanol–water partition coefficient (Wildman–Crippen LogP) is 4.03. The molecule has 0 saturated heterocycles. The molecule has 3 rings (SSSR count). The minimum atomic E-state index is 0.216. The van der Waals surface area contributed by atoms with E-state index in [0.717, 1.165) is 35.5 Å². The van der Waals surface area contributed by atoms with E-state index in [1.54, 1.807) is 0 Å². The van der Waals surface area contributed by atoms with Crippen molar-refractivity contribution in [3.63, 3.8) is 0 Å². The zero-order valence-corrected chi connectivity index (χ0v) is 15.0. The number of aromatic nitrogens is 2. The highest BCUT2D eigenvalue weighted by Crippen LogP contribution is 2.26. The minimum absolute atomic E-state index is 0.216. The summed E-state index contributed by atoms with van der Waals surface area (Å²) in [6.45, 7) is 4.75. The molecule has 4 nitrogen and oxygen atoms in total. The molecule has 0 N–H and O–H groups in total. The number of hydrogen-bond donors (Lipinski definition) is 0. The molecule has 0 radical (unpaired) electrons. The van der Waals surface area contributed by atoms with Crippen LogP contribution in [-0.2, 0) is 11.3 Å². The molecule has 0 spiro atoms. The lowest BCUT2D eigenvalue weighted by Crippen LogP contribution is -2.33. The van der Waals surface area contributed by atoms with Gasteiger partial charge in [-0.15, -0.1) is 0 Å². The molecule has 1 aliphatic carbocycles. The number of aryl methyl sites for hydroxylation is 1. The van der Waals surface area contributed by atoms with Gasteiger partial charge < -0.3 is 4.90 Å². The molecule has 1 saturated carbocycles. The van der Waals surface area contributed by atoms with Crippen LogP contribution >= 0.6 is 0 Å². The normalized spacial score (nSPS) is 15.5. The van der Waals surface area contributed by atoms with Crippen molar-refractivity contribution in [2.75, 3.05) is 7.05 Å².